The van der Waals surface area contributed by atoms with Crippen LogP contribution >= 0.6 is 12.4 Å². The van der Waals surface area contributed by atoms with Crippen molar-refractivity contribution in [2.24, 2.45) is 5.92 Å². The third-order valence-electron chi connectivity index (χ3n) is 5.13. The first-order valence-electron chi connectivity index (χ1n) is 8.29. The maximum absolute atomic E-state index is 12.7. The number of hydrogen-bond acceptors (Lipinski definition) is 4. The van der Waals surface area contributed by atoms with Crippen molar-refractivity contribution in [1.82, 2.24) is 10.2 Å². The number of para-hydroxylation sites is 1. The minimum absolute atomic E-state index is 0. The zero-order valence-corrected chi connectivity index (χ0v) is 14.6. The Hall–Kier alpha value is -1.66. The fourth-order valence-electron chi connectivity index (χ4n) is 3.93. The monoisotopic (exact) mass is 353 g/mol. The molecule has 132 valence electrons. The number of carbonyl (C=O) groups excluding carboxylic acids is 1. The summed E-state index contributed by atoms with van der Waals surface area (Å²) in [4.78, 5) is 25.0. The first-order valence-corrected chi connectivity index (χ1v) is 8.29. The Kier molecular flexibility index (Phi) is 6.18. The summed E-state index contributed by atoms with van der Waals surface area (Å²) in [6, 6.07) is 6.93. The van der Waals surface area contributed by atoms with Crippen LogP contribution < -0.4 is 5.32 Å². The highest BCUT2D eigenvalue weighted by Gasteiger charge is 2.39. The lowest BCUT2D eigenvalue weighted by Gasteiger charge is -2.24. The molecule has 7 heteroatoms. The molecule has 1 aliphatic carbocycles. The van der Waals surface area contributed by atoms with Crippen molar-refractivity contribution in [3.05, 3.63) is 39.9 Å². The van der Waals surface area contributed by atoms with Gasteiger partial charge in [0.15, 0.2) is 0 Å². The number of carbonyl (C=O) groups is 1. The summed E-state index contributed by atoms with van der Waals surface area (Å²) < 4.78 is 0. The van der Waals surface area contributed by atoms with E-state index >= 15 is 0 Å². The molecule has 1 saturated heterocycles. The molecule has 2 fully saturated rings. The highest BCUT2D eigenvalue weighted by molar-refractivity contribution is 5.85. The molecule has 24 heavy (non-hydrogen) atoms. The average molecular weight is 354 g/mol. The van der Waals surface area contributed by atoms with E-state index in [4.69, 9.17) is 0 Å². The summed E-state index contributed by atoms with van der Waals surface area (Å²) >= 11 is 0. The topological polar surface area (TPSA) is 75.5 Å². The lowest BCUT2D eigenvalue weighted by atomic mass is 9.85. The Morgan fingerprint density at radius 2 is 2.04 bits per heavy atom. The van der Waals surface area contributed by atoms with E-state index in [0.29, 0.717) is 17.5 Å². The molecule has 3 unspecified atom stereocenters. The number of amides is 1. The highest BCUT2D eigenvalue weighted by Crippen LogP contribution is 2.33. The van der Waals surface area contributed by atoms with E-state index in [9.17, 15) is 14.9 Å². The van der Waals surface area contributed by atoms with Crippen LogP contribution in [0.1, 0.15) is 37.7 Å². The van der Waals surface area contributed by atoms with E-state index in [-0.39, 0.29) is 36.6 Å². The third kappa shape index (κ3) is 3.87. The van der Waals surface area contributed by atoms with Gasteiger partial charge in [-0.1, -0.05) is 31.0 Å². The largest absolute Gasteiger partial charge is 0.340 e. The van der Waals surface area contributed by atoms with Gasteiger partial charge in [-0.3, -0.25) is 14.9 Å². The average Bonchev–Trinajstić information content (AvgIpc) is 2.98. The Bertz CT molecular complexity index is 596. The number of hydrogen-bond donors (Lipinski definition) is 1. The quantitative estimate of drug-likeness (QED) is 0.667. The second kappa shape index (κ2) is 7.94. The van der Waals surface area contributed by atoms with Crippen LogP contribution in [-0.4, -0.2) is 34.9 Å². The smallest absolute Gasteiger partial charge is 0.274 e. The zero-order chi connectivity index (χ0) is 16.4. The Labute approximate surface area is 148 Å². The number of fused-ring (bicyclic) bond motifs is 1. The predicted octanol–water partition coefficient (Wildman–Crippen LogP) is 2.90. The van der Waals surface area contributed by atoms with Crippen LogP contribution in [0.5, 0.6) is 0 Å². The number of nitro benzene ring substituents is 1. The molecule has 3 atom stereocenters. The second-order valence-corrected chi connectivity index (χ2v) is 6.69. The van der Waals surface area contributed by atoms with Crippen LogP contribution in [-0.2, 0) is 11.3 Å². The van der Waals surface area contributed by atoms with Gasteiger partial charge in [-0.2, -0.15) is 0 Å². The van der Waals surface area contributed by atoms with Crippen molar-refractivity contribution in [1.29, 1.82) is 0 Å². The highest BCUT2D eigenvalue weighted by atomic mass is 35.5. The zero-order valence-electron chi connectivity index (χ0n) is 13.8. The van der Waals surface area contributed by atoms with E-state index in [0.717, 1.165) is 12.8 Å². The molecular weight excluding hydrogens is 330 g/mol. The number of nitrogens with zero attached hydrogens (tertiary/aromatic N) is 2. The summed E-state index contributed by atoms with van der Waals surface area (Å²) in [5.74, 6) is 0.648. The number of rotatable bonds is 4. The van der Waals surface area contributed by atoms with Crippen LogP contribution in [0.15, 0.2) is 24.3 Å². The van der Waals surface area contributed by atoms with Crippen molar-refractivity contribution < 1.29 is 9.72 Å². The standard InChI is InChI=1S/C17H23N3O3.ClH/c1-19(11-13-7-3-5-9-16(13)20(22)23)17(21)15-10-12-6-2-4-8-14(12)18-15;/h3,5,7,9,12,14-15,18H,2,4,6,8,10-11H2,1H3;1H. The minimum Gasteiger partial charge on any atom is -0.340 e. The van der Waals surface area contributed by atoms with Gasteiger partial charge in [-0.25, -0.2) is 0 Å². The molecule has 3 rings (SSSR count). The van der Waals surface area contributed by atoms with Crippen molar-refractivity contribution in [2.45, 2.75) is 50.7 Å². The van der Waals surface area contributed by atoms with Gasteiger partial charge in [0.05, 0.1) is 17.5 Å². The molecule has 6 nitrogen and oxygen atoms in total. The van der Waals surface area contributed by atoms with Gasteiger partial charge in [0.25, 0.3) is 5.69 Å². The van der Waals surface area contributed by atoms with Crippen LogP contribution in [0.4, 0.5) is 5.69 Å². The summed E-state index contributed by atoms with van der Waals surface area (Å²) in [5.41, 5.74) is 0.643. The second-order valence-electron chi connectivity index (χ2n) is 6.69. The van der Waals surface area contributed by atoms with E-state index in [1.54, 1.807) is 30.1 Å². The number of nitro groups is 1. The molecule has 1 aliphatic heterocycles. The number of likely N-dealkylation sites (N-methyl/N-ethyl adjacent to an activating group) is 1. The molecular formula is C17H24ClN3O3. The van der Waals surface area contributed by atoms with Crippen LogP contribution in [0.25, 0.3) is 0 Å². The third-order valence-corrected chi connectivity index (χ3v) is 5.13. The van der Waals surface area contributed by atoms with Crippen molar-refractivity contribution in [3.63, 3.8) is 0 Å². The number of nitrogens with one attached hydrogen (secondary N) is 1. The molecule has 2 aliphatic rings. The molecule has 1 N–H and O–H groups in total. The molecule has 1 aromatic rings. The number of benzene rings is 1. The maximum atomic E-state index is 12.7. The lowest BCUT2D eigenvalue weighted by molar-refractivity contribution is -0.385. The van der Waals surface area contributed by atoms with Crippen LogP contribution in [0.3, 0.4) is 0 Å². The van der Waals surface area contributed by atoms with Gasteiger partial charge in [-0.15, -0.1) is 12.4 Å². The van der Waals surface area contributed by atoms with Gasteiger partial charge in [-0.05, 0) is 25.2 Å². The Balaban J connectivity index is 0.00000208. The van der Waals surface area contributed by atoms with Gasteiger partial charge in [0.1, 0.15) is 0 Å². The molecule has 1 aromatic carbocycles. The first kappa shape index (κ1) is 18.7. The normalized spacial score (nSPS) is 25.5. The summed E-state index contributed by atoms with van der Waals surface area (Å²) in [6.07, 6.45) is 5.75. The summed E-state index contributed by atoms with van der Waals surface area (Å²) in [6.45, 7) is 0.267. The van der Waals surface area contributed by atoms with E-state index in [1.165, 1.54) is 25.3 Å². The summed E-state index contributed by atoms with van der Waals surface area (Å²) in [7, 11) is 1.72. The van der Waals surface area contributed by atoms with Crippen molar-refractivity contribution >= 4 is 24.0 Å². The Morgan fingerprint density at radius 3 is 2.75 bits per heavy atom. The fraction of sp³-hybridized carbons (Fsp3) is 0.588. The molecule has 0 radical (unpaired) electrons. The molecule has 0 spiro atoms. The lowest BCUT2D eigenvalue weighted by Crippen LogP contribution is -2.43. The van der Waals surface area contributed by atoms with E-state index in [2.05, 4.69) is 5.32 Å². The summed E-state index contributed by atoms with van der Waals surface area (Å²) in [5, 5.41) is 14.6. The Morgan fingerprint density at radius 1 is 1.33 bits per heavy atom. The SMILES string of the molecule is CN(Cc1ccccc1[N+](=O)[O-])C(=O)C1CC2CCCCC2N1.Cl. The minimum atomic E-state index is -0.393. The molecule has 0 aromatic heterocycles. The van der Waals surface area contributed by atoms with Gasteiger partial charge >= 0.3 is 0 Å². The van der Waals surface area contributed by atoms with Gasteiger partial charge in [0.2, 0.25) is 5.91 Å². The molecule has 1 saturated carbocycles. The first-order chi connectivity index (χ1) is 11.1. The van der Waals surface area contributed by atoms with Gasteiger partial charge < -0.3 is 10.2 Å². The predicted molar refractivity (Wildman–Crippen MR) is 94.1 cm³/mol. The van der Waals surface area contributed by atoms with E-state index in [1.807, 2.05) is 0 Å². The fourth-order valence-corrected chi connectivity index (χ4v) is 3.93. The molecule has 1 amide bonds. The van der Waals surface area contributed by atoms with Gasteiger partial charge in [0, 0.05) is 24.7 Å². The van der Waals surface area contributed by atoms with Crippen LogP contribution in [0.2, 0.25) is 0 Å². The van der Waals surface area contributed by atoms with Crippen LogP contribution in [0, 0.1) is 16.0 Å². The number of halogens is 1. The van der Waals surface area contributed by atoms with Crippen molar-refractivity contribution in [3.8, 4) is 0 Å². The molecule has 1 heterocycles. The van der Waals surface area contributed by atoms with E-state index < -0.39 is 4.92 Å². The maximum Gasteiger partial charge on any atom is 0.274 e. The molecule has 0 bridgehead atoms. The van der Waals surface area contributed by atoms with Crippen molar-refractivity contribution in [2.75, 3.05) is 7.05 Å².